The minimum Gasteiger partial charge on any atom is -0.388 e. The maximum Gasteiger partial charge on any atom is 0.114 e. The molecule has 0 aromatic heterocycles. The first-order valence-electron chi connectivity index (χ1n) is 9.05. The lowest BCUT2D eigenvalue weighted by molar-refractivity contribution is -0.0811. The average molecular weight is 330 g/mol. The molecule has 5 heteroatoms. The quantitative estimate of drug-likeness (QED) is 0.356. The highest BCUT2D eigenvalue weighted by Crippen LogP contribution is 2.17. The van der Waals surface area contributed by atoms with Gasteiger partial charge in [-0.1, -0.05) is 44.8 Å². The Morgan fingerprint density at radius 1 is 1.09 bits per heavy atom. The van der Waals surface area contributed by atoms with Crippen LogP contribution in [0, 0.1) is 0 Å². The fourth-order valence-corrected chi connectivity index (χ4v) is 2.67. The third-order valence-electron chi connectivity index (χ3n) is 4.16. The summed E-state index contributed by atoms with van der Waals surface area (Å²) >= 11 is 0. The summed E-state index contributed by atoms with van der Waals surface area (Å²) in [4.78, 5) is 0. The number of hydrogen-bond donors (Lipinski definition) is 3. The first kappa shape index (κ1) is 20.6. The summed E-state index contributed by atoms with van der Waals surface area (Å²) in [6.45, 7) is 2.98. The molecule has 1 heterocycles. The van der Waals surface area contributed by atoms with Crippen LogP contribution in [0.5, 0.6) is 0 Å². The molecule has 5 nitrogen and oxygen atoms in total. The van der Waals surface area contributed by atoms with Crippen molar-refractivity contribution in [3.63, 3.8) is 0 Å². The van der Waals surface area contributed by atoms with E-state index in [0.717, 1.165) is 19.3 Å². The van der Waals surface area contributed by atoms with Gasteiger partial charge < -0.3 is 24.8 Å². The van der Waals surface area contributed by atoms with Gasteiger partial charge in [-0.25, -0.2) is 0 Å². The first-order chi connectivity index (χ1) is 11.2. The number of aliphatic hydroxyl groups is 3. The van der Waals surface area contributed by atoms with Crippen LogP contribution >= 0.6 is 0 Å². The zero-order valence-corrected chi connectivity index (χ0v) is 14.4. The molecule has 0 aromatic rings. The number of hydrogen-bond acceptors (Lipinski definition) is 5. The molecule has 0 radical (unpaired) electrons. The molecule has 0 aliphatic carbocycles. The van der Waals surface area contributed by atoms with Crippen LogP contribution in [-0.4, -0.2) is 59.6 Å². The number of ether oxygens (including phenoxy) is 2. The predicted octanol–water partition coefficient (Wildman–Crippen LogP) is 2.18. The van der Waals surface area contributed by atoms with E-state index in [4.69, 9.17) is 9.47 Å². The number of unbranched alkanes of at least 4 members (excludes halogenated alkanes) is 6. The van der Waals surface area contributed by atoms with Gasteiger partial charge in [-0.05, 0) is 25.7 Å². The van der Waals surface area contributed by atoms with Crippen molar-refractivity contribution in [1.29, 1.82) is 0 Å². The van der Waals surface area contributed by atoms with E-state index < -0.39 is 24.4 Å². The van der Waals surface area contributed by atoms with Gasteiger partial charge in [-0.2, -0.15) is 0 Å². The molecule has 1 fully saturated rings. The molecule has 1 saturated heterocycles. The van der Waals surface area contributed by atoms with Crippen LogP contribution in [0.25, 0.3) is 0 Å². The summed E-state index contributed by atoms with van der Waals surface area (Å²) in [7, 11) is 0. The van der Waals surface area contributed by atoms with E-state index in [-0.39, 0.29) is 13.2 Å². The van der Waals surface area contributed by atoms with Crippen molar-refractivity contribution in [3.05, 3.63) is 12.2 Å². The van der Waals surface area contributed by atoms with Crippen molar-refractivity contribution in [2.45, 2.75) is 82.7 Å². The summed E-state index contributed by atoms with van der Waals surface area (Å²) in [6, 6.07) is 0. The lowest BCUT2D eigenvalue weighted by Crippen LogP contribution is -2.40. The third-order valence-corrected chi connectivity index (χ3v) is 4.16. The summed E-state index contributed by atoms with van der Waals surface area (Å²) < 4.78 is 10.6. The smallest absolute Gasteiger partial charge is 0.114 e. The van der Waals surface area contributed by atoms with Crippen molar-refractivity contribution in [3.8, 4) is 0 Å². The van der Waals surface area contributed by atoms with Crippen LogP contribution in [0.15, 0.2) is 12.2 Å². The van der Waals surface area contributed by atoms with Gasteiger partial charge in [0.2, 0.25) is 0 Å². The number of allylic oxidation sites excluding steroid dienone is 2. The summed E-state index contributed by atoms with van der Waals surface area (Å²) in [5, 5.41) is 28.8. The maximum atomic E-state index is 9.86. The van der Waals surface area contributed by atoms with E-state index in [2.05, 4.69) is 19.1 Å². The van der Waals surface area contributed by atoms with Crippen LogP contribution < -0.4 is 0 Å². The maximum absolute atomic E-state index is 9.86. The van der Waals surface area contributed by atoms with E-state index in [9.17, 15) is 15.3 Å². The zero-order valence-electron chi connectivity index (χ0n) is 14.4. The molecule has 0 saturated carbocycles. The highest BCUT2D eigenvalue weighted by atomic mass is 16.5. The van der Waals surface area contributed by atoms with Crippen molar-refractivity contribution >= 4 is 0 Å². The van der Waals surface area contributed by atoms with Gasteiger partial charge in [-0.3, -0.25) is 0 Å². The van der Waals surface area contributed by atoms with Crippen LogP contribution in [0.4, 0.5) is 0 Å². The Kier molecular flexibility index (Phi) is 11.5. The molecule has 1 aliphatic heterocycles. The number of aliphatic hydroxyl groups excluding tert-OH is 3. The molecule has 1 rings (SSSR count). The second-order valence-corrected chi connectivity index (χ2v) is 6.31. The standard InChI is InChI=1S/C18H34O5/c1-2-3-4-5-6-7-8-9-10-11-12-22-13-16(20)18-17(21)15(19)14-23-18/h8-9,15-21H,2-7,10-14H2,1H3/b9-8+/t15-,16+,17-,18-/m0/s1. The van der Waals surface area contributed by atoms with Crippen LogP contribution in [-0.2, 0) is 9.47 Å². The third kappa shape index (κ3) is 8.82. The minimum absolute atomic E-state index is 0.0616. The molecular weight excluding hydrogens is 296 g/mol. The largest absolute Gasteiger partial charge is 0.388 e. The Morgan fingerprint density at radius 3 is 2.43 bits per heavy atom. The highest BCUT2D eigenvalue weighted by Gasteiger charge is 2.39. The summed E-state index contributed by atoms with van der Waals surface area (Å²) in [5.74, 6) is 0. The van der Waals surface area contributed by atoms with E-state index in [1.165, 1.54) is 32.1 Å². The van der Waals surface area contributed by atoms with Gasteiger partial charge >= 0.3 is 0 Å². The molecule has 4 atom stereocenters. The Balaban J connectivity index is 1.91. The molecule has 0 unspecified atom stereocenters. The first-order valence-corrected chi connectivity index (χ1v) is 9.05. The van der Waals surface area contributed by atoms with E-state index in [1.807, 2.05) is 0 Å². The second-order valence-electron chi connectivity index (χ2n) is 6.31. The summed E-state index contributed by atoms with van der Waals surface area (Å²) in [5.41, 5.74) is 0. The Morgan fingerprint density at radius 2 is 1.78 bits per heavy atom. The monoisotopic (exact) mass is 330 g/mol. The van der Waals surface area contributed by atoms with Crippen molar-refractivity contribution in [1.82, 2.24) is 0 Å². The Labute approximate surface area is 140 Å². The fraction of sp³-hybridized carbons (Fsp3) is 0.889. The molecule has 0 spiro atoms. The molecule has 0 amide bonds. The lowest BCUT2D eigenvalue weighted by Gasteiger charge is -2.20. The van der Waals surface area contributed by atoms with Crippen molar-refractivity contribution in [2.75, 3.05) is 19.8 Å². The zero-order chi connectivity index (χ0) is 16.9. The van der Waals surface area contributed by atoms with Gasteiger partial charge in [0.15, 0.2) is 0 Å². The Hall–Kier alpha value is -0.460. The normalized spacial score (nSPS) is 26.2. The molecule has 0 aromatic carbocycles. The second kappa shape index (κ2) is 12.9. The highest BCUT2D eigenvalue weighted by molar-refractivity contribution is 4.87. The van der Waals surface area contributed by atoms with Gasteiger partial charge in [0, 0.05) is 6.61 Å². The van der Waals surface area contributed by atoms with Crippen LogP contribution in [0.2, 0.25) is 0 Å². The number of rotatable bonds is 13. The molecular formula is C18H34O5. The molecule has 0 bridgehead atoms. The molecule has 3 N–H and O–H groups in total. The van der Waals surface area contributed by atoms with Gasteiger partial charge in [0.25, 0.3) is 0 Å². The average Bonchev–Trinajstić information content (AvgIpc) is 2.88. The van der Waals surface area contributed by atoms with Gasteiger partial charge in [-0.15, -0.1) is 0 Å². The predicted molar refractivity (Wildman–Crippen MR) is 90.3 cm³/mol. The van der Waals surface area contributed by atoms with E-state index >= 15 is 0 Å². The molecule has 1 aliphatic rings. The van der Waals surface area contributed by atoms with Crippen molar-refractivity contribution < 1.29 is 24.8 Å². The fourth-order valence-electron chi connectivity index (χ4n) is 2.67. The Bertz CT molecular complexity index is 308. The van der Waals surface area contributed by atoms with E-state index in [0.29, 0.717) is 6.61 Å². The molecule has 23 heavy (non-hydrogen) atoms. The van der Waals surface area contributed by atoms with Crippen LogP contribution in [0.3, 0.4) is 0 Å². The topological polar surface area (TPSA) is 79.2 Å². The minimum atomic E-state index is -1.03. The van der Waals surface area contributed by atoms with Crippen LogP contribution in [0.1, 0.15) is 58.3 Å². The van der Waals surface area contributed by atoms with E-state index in [1.54, 1.807) is 0 Å². The van der Waals surface area contributed by atoms with Gasteiger partial charge in [0.1, 0.15) is 24.4 Å². The SMILES string of the molecule is CCCCCCC/C=C/CCCOC[C@@H](O)[C@@H]1OC[C@H](O)[C@@H]1O. The summed E-state index contributed by atoms with van der Waals surface area (Å²) in [6.07, 6.45) is 10.4. The lowest BCUT2D eigenvalue weighted by atomic mass is 10.1. The molecule has 136 valence electrons. The van der Waals surface area contributed by atoms with Gasteiger partial charge in [0.05, 0.1) is 13.2 Å². The van der Waals surface area contributed by atoms with Crippen molar-refractivity contribution in [2.24, 2.45) is 0 Å².